The van der Waals surface area contributed by atoms with Crippen LogP contribution in [0, 0.1) is 11.3 Å². The molecule has 20 heavy (non-hydrogen) atoms. The molecular weight excluding hydrogens is 260 g/mol. The number of anilines is 1. The molecule has 0 saturated carbocycles. The average Bonchev–Trinajstić information content (AvgIpc) is 3.02. The molecule has 0 aliphatic carbocycles. The highest BCUT2D eigenvalue weighted by Gasteiger charge is 2.19. The summed E-state index contributed by atoms with van der Waals surface area (Å²) in [5, 5.41) is 16.2. The van der Waals surface area contributed by atoms with Crippen LogP contribution in [0.15, 0.2) is 22.8 Å². The van der Waals surface area contributed by atoms with E-state index >= 15 is 0 Å². The molecule has 2 heterocycles. The van der Waals surface area contributed by atoms with Crippen LogP contribution in [0.2, 0.25) is 0 Å². The Balaban J connectivity index is 2.28. The number of imidazole rings is 1. The average molecular weight is 270 g/mol. The van der Waals surface area contributed by atoms with Crippen molar-refractivity contribution in [2.45, 2.75) is 6.54 Å². The van der Waals surface area contributed by atoms with Crippen molar-refractivity contribution in [3.05, 3.63) is 18.2 Å². The quantitative estimate of drug-likeness (QED) is 0.760. The lowest BCUT2D eigenvalue weighted by molar-refractivity contribution is 0.310. The minimum absolute atomic E-state index is 0.116. The van der Waals surface area contributed by atoms with Crippen molar-refractivity contribution < 1.29 is 9.37 Å². The maximum Gasteiger partial charge on any atom is 0.199 e. The molecular formula is C12H10N6O2. The van der Waals surface area contributed by atoms with Gasteiger partial charge in [0.15, 0.2) is 17.3 Å². The number of aromatic nitrogens is 4. The lowest BCUT2D eigenvalue weighted by Crippen LogP contribution is -2.00. The second-order valence-corrected chi connectivity index (χ2v) is 4.03. The molecule has 0 fully saturated rings. The monoisotopic (exact) mass is 270 g/mol. The molecule has 8 heteroatoms. The fraction of sp³-hybridized carbons (Fsp3) is 0.167. The highest BCUT2D eigenvalue weighted by molar-refractivity contribution is 5.82. The van der Waals surface area contributed by atoms with E-state index in [0.29, 0.717) is 22.8 Å². The van der Waals surface area contributed by atoms with Gasteiger partial charge in [0.1, 0.15) is 12.3 Å². The number of nitrogens with zero attached hydrogens (tertiary/aromatic N) is 5. The molecule has 1 aromatic carbocycles. The summed E-state index contributed by atoms with van der Waals surface area (Å²) in [5.41, 5.74) is 7.46. The minimum atomic E-state index is 0.116. The predicted octanol–water partition coefficient (Wildman–Crippen LogP) is 1.20. The summed E-state index contributed by atoms with van der Waals surface area (Å²) in [6, 6.07) is 7.48. The van der Waals surface area contributed by atoms with E-state index in [2.05, 4.69) is 26.0 Å². The first-order chi connectivity index (χ1) is 9.74. The minimum Gasteiger partial charge on any atom is -0.497 e. The first-order valence-corrected chi connectivity index (χ1v) is 5.74. The Hall–Kier alpha value is -3.08. The molecule has 100 valence electrons. The van der Waals surface area contributed by atoms with Gasteiger partial charge in [-0.2, -0.15) is 5.26 Å². The smallest absolute Gasteiger partial charge is 0.199 e. The number of nitrogens with two attached hydrogens (primary N) is 1. The molecule has 0 radical (unpaired) electrons. The third-order valence-corrected chi connectivity index (χ3v) is 2.91. The second-order valence-electron chi connectivity index (χ2n) is 4.03. The first-order valence-electron chi connectivity index (χ1n) is 5.74. The molecule has 0 amide bonds. The summed E-state index contributed by atoms with van der Waals surface area (Å²) in [6.07, 6.45) is 0. The molecule has 2 N–H and O–H groups in total. The van der Waals surface area contributed by atoms with Gasteiger partial charge in [0.25, 0.3) is 0 Å². The SMILES string of the molecule is COc1ccc2c(c1)nc(-c1nonc1N)n2CC#N. The molecule has 0 aliphatic heterocycles. The van der Waals surface area contributed by atoms with Crippen LogP contribution in [-0.2, 0) is 6.54 Å². The third kappa shape index (κ3) is 1.73. The molecule has 0 spiro atoms. The lowest BCUT2D eigenvalue weighted by Gasteiger charge is -2.02. The number of hydrogen-bond donors (Lipinski definition) is 1. The normalized spacial score (nSPS) is 10.6. The van der Waals surface area contributed by atoms with E-state index in [0.717, 1.165) is 5.52 Å². The van der Waals surface area contributed by atoms with Crippen molar-refractivity contribution in [2.75, 3.05) is 12.8 Å². The Labute approximate surface area is 113 Å². The number of rotatable bonds is 3. The van der Waals surface area contributed by atoms with Crippen LogP contribution < -0.4 is 10.5 Å². The van der Waals surface area contributed by atoms with Gasteiger partial charge in [0, 0.05) is 6.07 Å². The van der Waals surface area contributed by atoms with Crippen molar-refractivity contribution in [1.82, 2.24) is 19.9 Å². The zero-order valence-corrected chi connectivity index (χ0v) is 10.6. The fourth-order valence-electron chi connectivity index (χ4n) is 2.00. The Morgan fingerprint density at radius 1 is 1.45 bits per heavy atom. The Bertz CT molecular complexity index is 813. The van der Waals surface area contributed by atoms with Crippen molar-refractivity contribution in [3.63, 3.8) is 0 Å². The summed E-state index contributed by atoms with van der Waals surface area (Å²) in [7, 11) is 1.58. The van der Waals surface area contributed by atoms with E-state index in [9.17, 15) is 0 Å². The van der Waals surface area contributed by atoms with E-state index < -0.39 is 0 Å². The van der Waals surface area contributed by atoms with Gasteiger partial charge in [-0.05, 0) is 22.4 Å². The lowest BCUT2D eigenvalue weighted by atomic mass is 10.3. The Morgan fingerprint density at radius 2 is 2.30 bits per heavy atom. The number of nitriles is 1. The summed E-state index contributed by atoms with van der Waals surface area (Å²) in [5.74, 6) is 1.25. The van der Waals surface area contributed by atoms with Crippen LogP contribution >= 0.6 is 0 Å². The van der Waals surface area contributed by atoms with Crippen LogP contribution in [0.1, 0.15) is 0 Å². The zero-order chi connectivity index (χ0) is 14.1. The molecule has 2 aromatic heterocycles. The summed E-state index contributed by atoms with van der Waals surface area (Å²) in [4.78, 5) is 4.43. The topological polar surface area (TPSA) is 116 Å². The molecule has 0 unspecified atom stereocenters. The van der Waals surface area contributed by atoms with Crippen LogP contribution in [0.3, 0.4) is 0 Å². The summed E-state index contributed by atoms with van der Waals surface area (Å²) < 4.78 is 11.4. The third-order valence-electron chi connectivity index (χ3n) is 2.91. The van der Waals surface area contributed by atoms with Crippen molar-refractivity contribution in [1.29, 1.82) is 5.26 Å². The molecule has 0 saturated heterocycles. The molecule has 3 aromatic rings. The highest BCUT2D eigenvalue weighted by atomic mass is 16.6. The molecule has 8 nitrogen and oxygen atoms in total. The van der Waals surface area contributed by atoms with Gasteiger partial charge in [-0.25, -0.2) is 9.61 Å². The van der Waals surface area contributed by atoms with Gasteiger partial charge in [0.05, 0.1) is 24.2 Å². The van der Waals surface area contributed by atoms with Crippen molar-refractivity contribution >= 4 is 16.9 Å². The van der Waals surface area contributed by atoms with Gasteiger partial charge in [-0.1, -0.05) is 0 Å². The maximum atomic E-state index is 8.98. The maximum absolute atomic E-state index is 8.98. The number of hydrogen-bond acceptors (Lipinski definition) is 7. The molecule has 0 aliphatic rings. The Kier molecular flexibility index (Phi) is 2.72. The standard InChI is InChI=1S/C12H10N6O2/c1-19-7-2-3-9-8(6-7)15-12(18(9)5-4-13)10-11(14)17-20-16-10/h2-3,6H,5H2,1H3,(H2,14,17). The highest BCUT2D eigenvalue weighted by Crippen LogP contribution is 2.28. The van der Waals surface area contributed by atoms with Gasteiger partial charge in [-0.15, -0.1) is 0 Å². The number of ether oxygens (including phenoxy) is 1. The van der Waals surface area contributed by atoms with Gasteiger partial charge in [0.2, 0.25) is 0 Å². The zero-order valence-electron chi connectivity index (χ0n) is 10.6. The number of nitrogen functional groups attached to an aromatic ring is 1. The van der Waals surface area contributed by atoms with Crippen LogP contribution in [0.25, 0.3) is 22.6 Å². The fourth-order valence-corrected chi connectivity index (χ4v) is 2.00. The first kappa shape index (κ1) is 12.0. The van der Waals surface area contributed by atoms with Crippen LogP contribution in [-0.4, -0.2) is 27.0 Å². The summed E-state index contributed by atoms with van der Waals surface area (Å²) in [6.45, 7) is 0.116. The molecule has 3 rings (SSSR count). The van der Waals surface area contributed by atoms with E-state index in [-0.39, 0.29) is 12.4 Å². The van der Waals surface area contributed by atoms with Gasteiger partial charge >= 0.3 is 0 Å². The Morgan fingerprint density at radius 3 is 2.95 bits per heavy atom. The van der Waals surface area contributed by atoms with E-state index in [1.807, 2.05) is 6.07 Å². The van der Waals surface area contributed by atoms with Crippen LogP contribution in [0.4, 0.5) is 5.82 Å². The van der Waals surface area contributed by atoms with E-state index in [1.54, 1.807) is 23.8 Å². The van der Waals surface area contributed by atoms with E-state index in [1.165, 1.54) is 0 Å². The predicted molar refractivity (Wildman–Crippen MR) is 69.6 cm³/mol. The van der Waals surface area contributed by atoms with Crippen molar-refractivity contribution in [3.8, 4) is 23.3 Å². The van der Waals surface area contributed by atoms with Crippen molar-refractivity contribution in [2.24, 2.45) is 0 Å². The molecule has 0 atom stereocenters. The largest absolute Gasteiger partial charge is 0.497 e. The summed E-state index contributed by atoms with van der Waals surface area (Å²) >= 11 is 0. The molecule has 0 bridgehead atoms. The number of benzene rings is 1. The van der Waals surface area contributed by atoms with Crippen LogP contribution in [0.5, 0.6) is 5.75 Å². The number of methoxy groups -OCH3 is 1. The van der Waals surface area contributed by atoms with Gasteiger partial charge < -0.3 is 15.0 Å². The van der Waals surface area contributed by atoms with E-state index in [4.69, 9.17) is 15.7 Å². The second kappa shape index (κ2) is 4.55. The van der Waals surface area contributed by atoms with Gasteiger partial charge in [-0.3, -0.25) is 0 Å². The number of fused-ring (bicyclic) bond motifs is 1.